The Morgan fingerprint density at radius 2 is 1.67 bits per heavy atom. The van der Waals surface area contributed by atoms with Crippen LogP contribution in [0.5, 0.6) is 5.75 Å². The van der Waals surface area contributed by atoms with Crippen molar-refractivity contribution in [3.8, 4) is 5.75 Å². The number of amides is 3. The number of nitrogens with one attached hydrogen (secondary N) is 2. The predicted octanol–water partition coefficient (Wildman–Crippen LogP) is 6.16. The first-order valence-corrected chi connectivity index (χ1v) is 13.9. The summed E-state index contributed by atoms with van der Waals surface area (Å²) in [7, 11) is 0. The van der Waals surface area contributed by atoms with Crippen LogP contribution >= 0.6 is 0 Å². The van der Waals surface area contributed by atoms with Crippen molar-refractivity contribution < 1.29 is 31.9 Å². The van der Waals surface area contributed by atoms with Gasteiger partial charge in [-0.05, 0) is 49.9 Å². The molecule has 0 saturated carbocycles. The molecule has 222 valence electrons. The van der Waals surface area contributed by atoms with Crippen molar-refractivity contribution in [1.82, 2.24) is 15.5 Å². The molecule has 1 unspecified atom stereocenters. The number of hydrogen-bond acceptors (Lipinski definition) is 3. The highest BCUT2D eigenvalue weighted by molar-refractivity contribution is 5.87. The minimum Gasteiger partial charge on any atom is -0.489 e. The molecule has 42 heavy (non-hydrogen) atoms. The Hall–Kier alpha value is -4.08. The summed E-state index contributed by atoms with van der Waals surface area (Å²) in [4.78, 5) is 27.9. The highest BCUT2D eigenvalue weighted by atomic mass is 19.4. The number of ether oxygens (including phenoxy) is 1. The maximum atomic E-state index is 14.3. The zero-order chi connectivity index (χ0) is 30.1. The van der Waals surface area contributed by atoms with Crippen LogP contribution in [0, 0.1) is 5.82 Å². The van der Waals surface area contributed by atoms with E-state index in [-0.39, 0.29) is 30.0 Å². The van der Waals surface area contributed by atoms with E-state index in [1.165, 1.54) is 24.3 Å². The van der Waals surface area contributed by atoms with Gasteiger partial charge in [-0.3, -0.25) is 4.79 Å². The predicted molar refractivity (Wildman–Crippen MR) is 149 cm³/mol. The van der Waals surface area contributed by atoms with Crippen LogP contribution in [0.2, 0.25) is 0 Å². The van der Waals surface area contributed by atoms with Gasteiger partial charge in [-0.15, -0.1) is 0 Å². The van der Waals surface area contributed by atoms with Gasteiger partial charge in [0, 0.05) is 37.2 Å². The van der Waals surface area contributed by atoms with Gasteiger partial charge in [0.15, 0.2) is 0 Å². The monoisotopic (exact) mass is 583 g/mol. The molecule has 3 aromatic carbocycles. The molecule has 1 spiro atoms. The molecule has 10 heteroatoms. The van der Waals surface area contributed by atoms with Gasteiger partial charge in [0.1, 0.15) is 18.2 Å². The van der Waals surface area contributed by atoms with E-state index in [0.717, 1.165) is 23.3 Å². The van der Waals surface area contributed by atoms with Gasteiger partial charge in [0.25, 0.3) is 0 Å². The minimum absolute atomic E-state index is 0.240. The Bertz CT molecular complexity index is 1450. The molecule has 3 aromatic rings. The minimum atomic E-state index is -4.51. The number of piperidine rings is 1. The molecule has 0 aliphatic carbocycles. The number of benzene rings is 3. The second-order valence-corrected chi connectivity index (χ2v) is 11.5. The average molecular weight is 584 g/mol. The number of hydrogen-bond donors (Lipinski definition) is 2. The smallest absolute Gasteiger partial charge is 0.416 e. The molecule has 5 rings (SSSR count). The number of urea groups is 1. The number of likely N-dealkylation sites (tertiary alicyclic amines) is 1. The molecular weight excluding hydrogens is 550 g/mol. The van der Waals surface area contributed by atoms with Gasteiger partial charge in [0.2, 0.25) is 5.91 Å². The van der Waals surface area contributed by atoms with Crippen LogP contribution in [0.25, 0.3) is 0 Å². The molecule has 1 atom stereocenters. The van der Waals surface area contributed by atoms with Crippen molar-refractivity contribution in [2.75, 3.05) is 19.6 Å². The van der Waals surface area contributed by atoms with Crippen LogP contribution < -0.4 is 15.4 Å². The Morgan fingerprint density at radius 3 is 2.36 bits per heavy atom. The quantitative estimate of drug-likeness (QED) is 0.342. The van der Waals surface area contributed by atoms with E-state index in [1.54, 1.807) is 24.8 Å². The molecule has 0 aromatic heterocycles. The highest BCUT2D eigenvalue weighted by Gasteiger charge is 2.49. The summed E-state index contributed by atoms with van der Waals surface area (Å²) in [6.45, 7) is 4.36. The van der Waals surface area contributed by atoms with Crippen LogP contribution in [-0.4, -0.2) is 42.0 Å². The fourth-order valence-corrected chi connectivity index (χ4v) is 6.00. The number of alkyl halides is 3. The molecule has 2 aliphatic rings. The van der Waals surface area contributed by atoms with Gasteiger partial charge >= 0.3 is 12.2 Å². The zero-order valence-corrected chi connectivity index (χ0v) is 23.4. The van der Waals surface area contributed by atoms with Crippen LogP contribution in [-0.2, 0) is 23.0 Å². The maximum absolute atomic E-state index is 14.3. The van der Waals surface area contributed by atoms with Gasteiger partial charge < -0.3 is 20.3 Å². The molecule has 6 nitrogen and oxygen atoms in total. The SMILES string of the molecule is CC(C)(C(=O)N1CCC2(CC1)NC(=O)NCC2c1ccc(F)cc1OCc1ccccc1)c1cccc(C(F)(F)F)c1. The topological polar surface area (TPSA) is 70.7 Å². The Morgan fingerprint density at radius 1 is 0.976 bits per heavy atom. The van der Waals surface area contributed by atoms with Gasteiger partial charge in [-0.1, -0.05) is 54.6 Å². The lowest BCUT2D eigenvalue weighted by Gasteiger charge is -2.50. The van der Waals surface area contributed by atoms with E-state index in [0.29, 0.717) is 38.2 Å². The van der Waals surface area contributed by atoms with E-state index in [2.05, 4.69) is 10.6 Å². The maximum Gasteiger partial charge on any atom is 0.416 e. The van der Waals surface area contributed by atoms with Gasteiger partial charge in [0.05, 0.1) is 16.5 Å². The molecule has 2 fully saturated rings. The number of halogens is 4. The molecule has 0 radical (unpaired) electrons. The van der Waals surface area contributed by atoms with Crippen LogP contribution in [0.15, 0.2) is 72.8 Å². The second-order valence-electron chi connectivity index (χ2n) is 11.5. The van der Waals surface area contributed by atoms with Crippen molar-refractivity contribution in [3.63, 3.8) is 0 Å². The number of carbonyl (C=O) groups is 2. The molecule has 2 heterocycles. The van der Waals surface area contributed by atoms with Gasteiger partial charge in [-0.25, -0.2) is 9.18 Å². The fourth-order valence-electron chi connectivity index (χ4n) is 6.00. The van der Waals surface area contributed by atoms with E-state index < -0.39 is 28.5 Å². The van der Waals surface area contributed by atoms with Crippen molar-refractivity contribution in [2.45, 2.75) is 56.3 Å². The summed E-state index contributed by atoms with van der Waals surface area (Å²) in [5.74, 6) is -0.635. The summed E-state index contributed by atoms with van der Waals surface area (Å²) in [6, 6.07) is 18.4. The Kier molecular flexibility index (Phi) is 7.92. The van der Waals surface area contributed by atoms with Crippen LogP contribution in [0.3, 0.4) is 0 Å². The largest absolute Gasteiger partial charge is 0.489 e. The summed E-state index contributed by atoms with van der Waals surface area (Å²) in [6.07, 6.45) is -3.70. The van der Waals surface area contributed by atoms with E-state index >= 15 is 0 Å². The molecule has 3 amide bonds. The highest BCUT2D eigenvalue weighted by Crippen LogP contribution is 2.43. The third kappa shape index (κ3) is 5.93. The summed E-state index contributed by atoms with van der Waals surface area (Å²) >= 11 is 0. The number of nitrogens with zero attached hydrogens (tertiary/aromatic N) is 1. The normalized spacial score (nSPS) is 18.8. The standard InChI is InChI=1S/C32H33F4N3O3/c1-30(2,22-9-6-10-23(17-22)32(34,35)36)28(40)39-15-13-31(14-16-39)26(19-37-29(41)38-31)25-12-11-24(33)18-27(25)42-20-21-7-4-3-5-8-21/h3-12,17-18,26H,13-16,19-20H2,1-2H3,(H2,37,38,41). The Balaban J connectivity index is 1.36. The zero-order valence-electron chi connectivity index (χ0n) is 23.4. The first-order valence-electron chi connectivity index (χ1n) is 13.9. The molecule has 0 bridgehead atoms. The third-order valence-electron chi connectivity index (χ3n) is 8.47. The number of rotatable bonds is 6. The van der Waals surface area contributed by atoms with E-state index in [4.69, 9.17) is 4.74 Å². The van der Waals surface area contributed by atoms with Crippen LogP contribution in [0.1, 0.15) is 54.9 Å². The van der Waals surface area contributed by atoms with Crippen molar-refractivity contribution in [1.29, 1.82) is 0 Å². The van der Waals surface area contributed by atoms with Crippen molar-refractivity contribution in [2.24, 2.45) is 0 Å². The molecule has 2 aliphatic heterocycles. The second kappa shape index (κ2) is 11.3. The third-order valence-corrected chi connectivity index (χ3v) is 8.47. The lowest BCUT2D eigenvalue weighted by Crippen LogP contribution is -2.66. The first kappa shape index (κ1) is 29.4. The van der Waals surface area contributed by atoms with E-state index in [1.807, 2.05) is 30.3 Å². The molecule has 2 saturated heterocycles. The summed E-state index contributed by atoms with van der Waals surface area (Å²) in [5.41, 5.74) is -0.790. The Labute approximate surface area is 242 Å². The molecule has 2 N–H and O–H groups in total. The summed E-state index contributed by atoms with van der Waals surface area (Å²) in [5, 5.41) is 5.93. The lowest BCUT2D eigenvalue weighted by molar-refractivity contribution is -0.140. The fraction of sp³-hybridized carbons (Fsp3) is 0.375. The summed E-state index contributed by atoms with van der Waals surface area (Å²) < 4.78 is 60.5. The average Bonchev–Trinajstić information content (AvgIpc) is 2.97. The number of carbonyl (C=O) groups excluding carboxylic acids is 2. The van der Waals surface area contributed by atoms with Crippen LogP contribution in [0.4, 0.5) is 22.4 Å². The van der Waals surface area contributed by atoms with Gasteiger partial charge in [-0.2, -0.15) is 13.2 Å². The van der Waals surface area contributed by atoms with Crippen molar-refractivity contribution >= 4 is 11.9 Å². The molecular formula is C32H33F4N3O3. The first-order chi connectivity index (χ1) is 19.9. The van der Waals surface area contributed by atoms with Crippen molar-refractivity contribution in [3.05, 3.63) is 101 Å². The lowest BCUT2D eigenvalue weighted by atomic mass is 9.71. The van der Waals surface area contributed by atoms with E-state index in [9.17, 15) is 27.2 Å².